The van der Waals surface area contributed by atoms with Crippen molar-refractivity contribution < 1.29 is 0 Å². The summed E-state index contributed by atoms with van der Waals surface area (Å²) in [5.41, 5.74) is 8.33. The number of aryl methyl sites for hydroxylation is 1. The van der Waals surface area contributed by atoms with Gasteiger partial charge in [-0.3, -0.25) is 4.90 Å². The van der Waals surface area contributed by atoms with Crippen LogP contribution in [0.4, 0.5) is 0 Å². The smallest absolute Gasteiger partial charge is 0.0237 e. The molecule has 0 heterocycles. The van der Waals surface area contributed by atoms with Crippen LogP contribution in [0.1, 0.15) is 18.1 Å². The van der Waals surface area contributed by atoms with E-state index in [4.69, 9.17) is 5.73 Å². The van der Waals surface area contributed by atoms with Gasteiger partial charge in [-0.2, -0.15) is 0 Å². The number of hydrogen-bond acceptors (Lipinski definition) is 2. The van der Waals surface area contributed by atoms with Crippen molar-refractivity contribution >= 4 is 15.9 Å². The fraction of sp³-hybridized carbons (Fsp3) is 0.500. The minimum Gasteiger partial charge on any atom is -0.329 e. The molecule has 0 spiro atoms. The lowest BCUT2D eigenvalue weighted by Crippen LogP contribution is -2.34. The van der Waals surface area contributed by atoms with Crippen molar-refractivity contribution in [2.45, 2.75) is 26.4 Å². The van der Waals surface area contributed by atoms with E-state index in [1.54, 1.807) is 0 Å². The molecule has 2 N–H and O–H groups in total. The molecule has 0 saturated heterocycles. The normalized spacial score (nSPS) is 13.2. The van der Waals surface area contributed by atoms with Gasteiger partial charge < -0.3 is 5.73 Å². The maximum absolute atomic E-state index is 5.64. The van der Waals surface area contributed by atoms with Crippen LogP contribution in [0, 0.1) is 6.92 Å². The van der Waals surface area contributed by atoms with E-state index < -0.39 is 0 Å². The Morgan fingerprint density at radius 1 is 1.47 bits per heavy atom. The Morgan fingerprint density at radius 3 is 2.73 bits per heavy atom. The standard InChI is InChI=1S/C12H19BrN2/c1-9-4-5-12(13)6-11(9)8-15(3)10(2)7-14/h4-6,10H,7-8,14H2,1-3H3. The van der Waals surface area contributed by atoms with Crippen LogP contribution in [0.3, 0.4) is 0 Å². The second kappa shape index (κ2) is 5.64. The zero-order valence-corrected chi connectivity index (χ0v) is 11.2. The first-order valence-electron chi connectivity index (χ1n) is 5.20. The number of nitrogens with zero attached hydrogens (tertiary/aromatic N) is 1. The van der Waals surface area contributed by atoms with E-state index in [0.29, 0.717) is 12.6 Å². The highest BCUT2D eigenvalue weighted by atomic mass is 79.9. The second-order valence-corrected chi connectivity index (χ2v) is 4.99. The van der Waals surface area contributed by atoms with Gasteiger partial charge in [-0.25, -0.2) is 0 Å². The maximum atomic E-state index is 5.64. The molecule has 0 aliphatic rings. The third kappa shape index (κ3) is 3.59. The Kier molecular flexibility index (Phi) is 4.77. The van der Waals surface area contributed by atoms with Crippen LogP contribution in [-0.4, -0.2) is 24.5 Å². The van der Waals surface area contributed by atoms with Crippen molar-refractivity contribution in [3.05, 3.63) is 33.8 Å². The van der Waals surface area contributed by atoms with Gasteiger partial charge in [-0.15, -0.1) is 0 Å². The first-order valence-corrected chi connectivity index (χ1v) is 5.99. The molecule has 1 rings (SSSR count). The summed E-state index contributed by atoms with van der Waals surface area (Å²) in [5, 5.41) is 0. The molecule has 15 heavy (non-hydrogen) atoms. The average molecular weight is 271 g/mol. The van der Waals surface area contributed by atoms with Gasteiger partial charge in [0.05, 0.1) is 0 Å². The highest BCUT2D eigenvalue weighted by Gasteiger charge is 2.09. The molecule has 0 aliphatic carbocycles. The summed E-state index contributed by atoms with van der Waals surface area (Å²) in [7, 11) is 2.11. The Morgan fingerprint density at radius 2 is 2.13 bits per heavy atom. The van der Waals surface area contributed by atoms with Crippen LogP contribution < -0.4 is 5.73 Å². The quantitative estimate of drug-likeness (QED) is 0.911. The van der Waals surface area contributed by atoms with E-state index >= 15 is 0 Å². The molecule has 0 saturated carbocycles. The molecule has 1 unspecified atom stereocenters. The van der Waals surface area contributed by atoms with Crippen molar-refractivity contribution in [2.24, 2.45) is 5.73 Å². The van der Waals surface area contributed by atoms with Crippen molar-refractivity contribution in [3.63, 3.8) is 0 Å². The first-order chi connectivity index (χ1) is 7.04. The van der Waals surface area contributed by atoms with Gasteiger partial charge >= 0.3 is 0 Å². The summed E-state index contributed by atoms with van der Waals surface area (Å²) in [5.74, 6) is 0. The molecule has 1 atom stereocenters. The third-order valence-corrected chi connectivity index (χ3v) is 3.32. The number of likely N-dealkylation sites (N-methyl/N-ethyl adjacent to an activating group) is 1. The van der Waals surface area contributed by atoms with Crippen LogP contribution in [-0.2, 0) is 6.54 Å². The van der Waals surface area contributed by atoms with Gasteiger partial charge in [-0.1, -0.05) is 22.0 Å². The predicted octanol–water partition coefficient (Wildman–Crippen LogP) is 2.54. The van der Waals surface area contributed by atoms with Gasteiger partial charge in [0, 0.05) is 23.6 Å². The van der Waals surface area contributed by atoms with Gasteiger partial charge in [0.25, 0.3) is 0 Å². The molecule has 0 amide bonds. The largest absolute Gasteiger partial charge is 0.329 e. The molecular formula is C12H19BrN2. The van der Waals surface area contributed by atoms with Gasteiger partial charge in [0.1, 0.15) is 0 Å². The lowest BCUT2D eigenvalue weighted by atomic mass is 10.1. The predicted molar refractivity (Wildman–Crippen MR) is 68.9 cm³/mol. The number of halogens is 1. The van der Waals surface area contributed by atoms with E-state index in [1.807, 2.05) is 0 Å². The lowest BCUT2D eigenvalue weighted by Gasteiger charge is -2.24. The molecule has 1 aromatic rings. The SMILES string of the molecule is Cc1ccc(Br)cc1CN(C)C(C)CN. The molecule has 2 nitrogen and oxygen atoms in total. The fourth-order valence-electron chi connectivity index (χ4n) is 1.41. The monoisotopic (exact) mass is 270 g/mol. The molecule has 84 valence electrons. The van der Waals surface area contributed by atoms with Crippen molar-refractivity contribution in [1.29, 1.82) is 0 Å². The van der Waals surface area contributed by atoms with E-state index in [0.717, 1.165) is 11.0 Å². The van der Waals surface area contributed by atoms with Crippen LogP contribution in [0.25, 0.3) is 0 Å². The Bertz CT molecular complexity index is 325. The summed E-state index contributed by atoms with van der Waals surface area (Å²) in [6, 6.07) is 6.81. The molecule has 0 aromatic heterocycles. The maximum Gasteiger partial charge on any atom is 0.0237 e. The zero-order chi connectivity index (χ0) is 11.4. The highest BCUT2D eigenvalue weighted by Crippen LogP contribution is 2.17. The van der Waals surface area contributed by atoms with Crippen molar-refractivity contribution in [2.75, 3.05) is 13.6 Å². The number of nitrogens with two attached hydrogens (primary N) is 1. The summed E-state index contributed by atoms with van der Waals surface area (Å²) < 4.78 is 1.14. The topological polar surface area (TPSA) is 29.3 Å². The van der Waals surface area contributed by atoms with Gasteiger partial charge in [-0.05, 0) is 44.2 Å². The minimum absolute atomic E-state index is 0.420. The first kappa shape index (κ1) is 12.7. The molecule has 0 fully saturated rings. The van der Waals surface area contributed by atoms with E-state index in [-0.39, 0.29) is 0 Å². The number of benzene rings is 1. The summed E-state index contributed by atoms with van der Waals surface area (Å²) in [6.45, 7) is 5.93. The van der Waals surface area contributed by atoms with Crippen LogP contribution in [0.2, 0.25) is 0 Å². The number of rotatable bonds is 4. The van der Waals surface area contributed by atoms with E-state index in [9.17, 15) is 0 Å². The highest BCUT2D eigenvalue weighted by molar-refractivity contribution is 9.10. The molecule has 0 radical (unpaired) electrons. The van der Waals surface area contributed by atoms with Crippen LogP contribution >= 0.6 is 15.9 Å². The van der Waals surface area contributed by atoms with Gasteiger partial charge in [0.2, 0.25) is 0 Å². The summed E-state index contributed by atoms with van der Waals surface area (Å²) in [4.78, 5) is 2.27. The second-order valence-electron chi connectivity index (χ2n) is 4.07. The van der Waals surface area contributed by atoms with E-state index in [2.05, 4.69) is 59.9 Å². The Hall–Kier alpha value is -0.380. The van der Waals surface area contributed by atoms with Crippen molar-refractivity contribution in [1.82, 2.24) is 4.90 Å². The molecule has 1 aromatic carbocycles. The average Bonchev–Trinajstić information content (AvgIpc) is 2.22. The lowest BCUT2D eigenvalue weighted by molar-refractivity contribution is 0.254. The Labute approximate surface area is 101 Å². The van der Waals surface area contributed by atoms with Gasteiger partial charge in [0.15, 0.2) is 0 Å². The van der Waals surface area contributed by atoms with Crippen LogP contribution in [0.15, 0.2) is 22.7 Å². The van der Waals surface area contributed by atoms with E-state index in [1.165, 1.54) is 11.1 Å². The zero-order valence-electron chi connectivity index (χ0n) is 9.63. The minimum atomic E-state index is 0.420. The summed E-state index contributed by atoms with van der Waals surface area (Å²) in [6.07, 6.45) is 0. The fourth-order valence-corrected chi connectivity index (χ4v) is 1.82. The molecule has 0 bridgehead atoms. The molecule has 3 heteroatoms. The van der Waals surface area contributed by atoms with Crippen LogP contribution in [0.5, 0.6) is 0 Å². The Balaban J connectivity index is 2.75. The third-order valence-electron chi connectivity index (χ3n) is 2.82. The summed E-state index contributed by atoms with van der Waals surface area (Å²) >= 11 is 3.50. The molecule has 0 aliphatic heterocycles. The molecular weight excluding hydrogens is 252 g/mol. The van der Waals surface area contributed by atoms with Crippen molar-refractivity contribution in [3.8, 4) is 0 Å². The number of hydrogen-bond donors (Lipinski definition) is 1.